The Morgan fingerprint density at radius 3 is 2.64 bits per heavy atom. The Labute approximate surface area is 83.7 Å². The molecule has 1 amide bonds. The Bertz CT molecular complexity index is 321. The Balaban J connectivity index is 2.98. The van der Waals surface area contributed by atoms with Crippen LogP contribution in [0, 0.1) is 0 Å². The maximum atomic E-state index is 10.9. The number of nitrogens with zero attached hydrogens (tertiary/aromatic N) is 2. The van der Waals surface area contributed by atoms with E-state index in [0.29, 0.717) is 5.56 Å². The first-order chi connectivity index (χ1) is 6.69. The van der Waals surface area contributed by atoms with E-state index in [1.165, 1.54) is 0 Å². The van der Waals surface area contributed by atoms with Crippen molar-refractivity contribution in [2.24, 2.45) is 5.73 Å². The number of primary amides is 1. The van der Waals surface area contributed by atoms with Gasteiger partial charge in [0.2, 0.25) is 5.91 Å². The van der Waals surface area contributed by atoms with Crippen LogP contribution >= 0.6 is 0 Å². The number of pyridine rings is 1. The lowest BCUT2D eigenvalue weighted by molar-refractivity contribution is 0.1000. The molecule has 0 aromatic carbocycles. The SMILES string of the molecule is CCN(CC)c1cc(C(N)=O)ccn1. The second kappa shape index (κ2) is 4.60. The highest BCUT2D eigenvalue weighted by atomic mass is 16.1. The Hall–Kier alpha value is -1.58. The predicted octanol–water partition coefficient (Wildman–Crippen LogP) is 1.03. The summed E-state index contributed by atoms with van der Waals surface area (Å²) in [5, 5.41) is 0. The van der Waals surface area contributed by atoms with E-state index in [1.54, 1.807) is 18.3 Å². The van der Waals surface area contributed by atoms with Crippen molar-refractivity contribution in [2.45, 2.75) is 13.8 Å². The first kappa shape index (κ1) is 10.5. The van der Waals surface area contributed by atoms with E-state index in [0.717, 1.165) is 18.9 Å². The van der Waals surface area contributed by atoms with Crippen LogP contribution in [0.1, 0.15) is 24.2 Å². The fourth-order valence-electron chi connectivity index (χ4n) is 1.29. The van der Waals surface area contributed by atoms with Gasteiger partial charge < -0.3 is 10.6 Å². The molecule has 76 valence electrons. The third-order valence-electron chi connectivity index (χ3n) is 2.12. The van der Waals surface area contributed by atoms with Crippen LogP contribution in [0.15, 0.2) is 18.3 Å². The zero-order valence-corrected chi connectivity index (χ0v) is 8.53. The molecule has 0 bridgehead atoms. The molecule has 0 spiro atoms. The molecule has 1 aromatic rings. The summed E-state index contributed by atoms with van der Waals surface area (Å²) >= 11 is 0. The number of carbonyl (C=O) groups excluding carboxylic acids is 1. The monoisotopic (exact) mass is 193 g/mol. The molecule has 0 aliphatic rings. The van der Waals surface area contributed by atoms with Gasteiger partial charge in [-0.1, -0.05) is 0 Å². The maximum Gasteiger partial charge on any atom is 0.248 e. The molecule has 0 saturated carbocycles. The largest absolute Gasteiger partial charge is 0.366 e. The van der Waals surface area contributed by atoms with Crippen LogP contribution in [0.25, 0.3) is 0 Å². The van der Waals surface area contributed by atoms with Crippen LogP contribution < -0.4 is 10.6 Å². The summed E-state index contributed by atoms with van der Waals surface area (Å²) < 4.78 is 0. The highest BCUT2D eigenvalue weighted by molar-refractivity contribution is 5.93. The smallest absolute Gasteiger partial charge is 0.248 e. The van der Waals surface area contributed by atoms with Crippen LogP contribution in [0.5, 0.6) is 0 Å². The van der Waals surface area contributed by atoms with Gasteiger partial charge in [-0.2, -0.15) is 0 Å². The second-order valence-corrected chi connectivity index (χ2v) is 2.94. The molecule has 14 heavy (non-hydrogen) atoms. The number of amides is 1. The van der Waals surface area contributed by atoms with Crippen molar-refractivity contribution in [1.29, 1.82) is 0 Å². The van der Waals surface area contributed by atoms with E-state index in [2.05, 4.69) is 9.88 Å². The third kappa shape index (κ3) is 2.22. The minimum Gasteiger partial charge on any atom is -0.366 e. The molecule has 0 radical (unpaired) electrons. The molecule has 0 fully saturated rings. The van der Waals surface area contributed by atoms with Crippen LogP contribution in [-0.2, 0) is 0 Å². The molecule has 0 aliphatic heterocycles. The highest BCUT2D eigenvalue weighted by Gasteiger charge is 2.06. The molecule has 1 heterocycles. The molecular formula is C10H15N3O. The van der Waals surface area contributed by atoms with Crippen molar-refractivity contribution >= 4 is 11.7 Å². The lowest BCUT2D eigenvalue weighted by Gasteiger charge is -2.19. The zero-order chi connectivity index (χ0) is 10.6. The van der Waals surface area contributed by atoms with Gasteiger partial charge in [0.1, 0.15) is 5.82 Å². The molecule has 0 atom stereocenters. The number of carbonyl (C=O) groups is 1. The van der Waals surface area contributed by atoms with Gasteiger partial charge in [0.25, 0.3) is 0 Å². The molecule has 1 aromatic heterocycles. The van der Waals surface area contributed by atoms with Crippen molar-refractivity contribution < 1.29 is 4.79 Å². The Kier molecular flexibility index (Phi) is 3.45. The summed E-state index contributed by atoms with van der Waals surface area (Å²) in [5.74, 6) is 0.382. The summed E-state index contributed by atoms with van der Waals surface area (Å²) in [5.41, 5.74) is 5.68. The summed E-state index contributed by atoms with van der Waals surface area (Å²) in [6.45, 7) is 5.82. The van der Waals surface area contributed by atoms with Crippen LogP contribution in [0.4, 0.5) is 5.82 Å². The number of anilines is 1. The highest BCUT2D eigenvalue weighted by Crippen LogP contribution is 2.11. The third-order valence-corrected chi connectivity index (χ3v) is 2.12. The molecule has 0 aliphatic carbocycles. The minimum atomic E-state index is -0.416. The molecule has 4 heteroatoms. The van der Waals surface area contributed by atoms with Gasteiger partial charge in [-0.05, 0) is 26.0 Å². The Morgan fingerprint density at radius 2 is 2.14 bits per heavy atom. The van der Waals surface area contributed by atoms with Gasteiger partial charge in [0, 0.05) is 24.8 Å². The van der Waals surface area contributed by atoms with Crippen molar-refractivity contribution in [3.8, 4) is 0 Å². The van der Waals surface area contributed by atoms with E-state index in [4.69, 9.17) is 5.73 Å². The van der Waals surface area contributed by atoms with Crippen LogP contribution in [0.2, 0.25) is 0 Å². The van der Waals surface area contributed by atoms with Gasteiger partial charge in [-0.25, -0.2) is 4.98 Å². The molecule has 0 saturated heterocycles. The zero-order valence-electron chi connectivity index (χ0n) is 8.53. The summed E-state index contributed by atoms with van der Waals surface area (Å²) in [6.07, 6.45) is 1.60. The topological polar surface area (TPSA) is 59.2 Å². The van der Waals surface area contributed by atoms with Gasteiger partial charge in [0.15, 0.2) is 0 Å². The number of aromatic nitrogens is 1. The molecular weight excluding hydrogens is 178 g/mol. The molecule has 1 rings (SSSR count). The second-order valence-electron chi connectivity index (χ2n) is 2.94. The van der Waals surface area contributed by atoms with Crippen molar-refractivity contribution in [3.63, 3.8) is 0 Å². The fraction of sp³-hybridized carbons (Fsp3) is 0.400. The Morgan fingerprint density at radius 1 is 1.50 bits per heavy atom. The quantitative estimate of drug-likeness (QED) is 0.776. The average molecular weight is 193 g/mol. The van der Waals surface area contributed by atoms with E-state index in [1.807, 2.05) is 13.8 Å². The summed E-state index contributed by atoms with van der Waals surface area (Å²) in [7, 11) is 0. The predicted molar refractivity (Wildman–Crippen MR) is 56.3 cm³/mol. The first-order valence-electron chi connectivity index (χ1n) is 4.69. The lowest BCUT2D eigenvalue weighted by Crippen LogP contribution is -2.23. The van der Waals surface area contributed by atoms with Crippen molar-refractivity contribution in [3.05, 3.63) is 23.9 Å². The molecule has 2 N–H and O–H groups in total. The van der Waals surface area contributed by atoms with Gasteiger partial charge >= 0.3 is 0 Å². The van der Waals surface area contributed by atoms with Crippen molar-refractivity contribution in [1.82, 2.24) is 4.98 Å². The minimum absolute atomic E-state index is 0.416. The molecule has 0 unspecified atom stereocenters. The van der Waals surface area contributed by atoms with E-state index in [9.17, 15) is 4.79 Å². The lowest BCUT2D eigenvalue weighted by atomic mass is 10.2. The summed E-state index contributed by atoms with van der Waals surface area (Å²) in [4.78, 5) is 17.2. The number of nitrogens with two attached hydrogens (primary N) is 1. The van der Waals surface area contributed by atoms with Gasteiger partial charge in [-0.15, -0.1) is 0 Å². The molecule has 4 nitrogen and oxygen atoms in total. The van der Waals surface area contributed by atoms with E-state index < -0.39 is 5.91 Å². The van der Waals surface area contributed by atoms with E-state index >= 15 is 0 Å². The maximum absolute atomic E-state index is 10.9. The standard InChI is InChI=1S/C10H15N3O/c1-3-13(4-2)9-7-8(10(11)14)5-6-12-9/h5-7H,3-4H2,1-2H3,(H2,11,14). The van der Waals surface area contributed by atoms with E-state index in [-0.39, 0.29) is 0 Å². The van der Waals surface area contributed by atoms with Crippen LogP contribution in [0.3, 0.4) is 0 Å². The van der Waals surface area contributed by atoms with Gasteiger partial charge in [0.05, 0.1) is 0 Å². The number of hydrogen-bond donors (Lipinski definition) is 1. The number of hydrogen-bond acceptors (Lipinski definition) is 3. The van der Waals surface area contributed by atoms with Crippen molar-refractivity contribution in [2.75, 3.05) is 18.0 Å². The summed E-state index contributed by atoms with van der Waals surface area (Å²) in [6, 6.07) is 3.34. The average Bonchev–Trinajstić information content (AvgIpc) is 2.20. The fourth-order valence-corrected chi connectivity index (χ4v) is 1.29. The van der Waals surface area contributed by atoms with Gasteiger partial charge in [-0.3, -0.25) is 4.79 Å². The first-order valence-corrected chi connectivity index (χ1v) is 4.69. The normalized spacial score (nSPS) is 9.86. The van der Waals surface area contributed by atoms with Crippen LogP contribution in [-0.4, -0.2) is 24.0 Å². The number of rotatable bonds is 4.